The minimum atomic E-state index is 0.0905. The highest BCUT2D eigenvalue weighted by Gasteiger charge is 2.16. The van der Waals surface area contributed by atoms with Crippen LogP contribution in [0.3, 0.4) is 0 Å². The van der Waals surface area contributed by atoms with Crippen LogP contribution in [-0.2, 0) is 11.2 Å². The lowest BCUT2D eigenvalue weighted by Gasteiger charge is -2.22. The number of nitrogens with one attached hydrogen (secondary N) is 1. The fourth-order valence-electron chi connectivity index (χ4n) is 2.21. The third-order valence-corrected chi connectivity index (χ3v) is 3.10. The van der Waals surface area contributed by atoms with Gasteiger partial charge in [-0.3, -0.25) is 4.79 Å². The molecule has 2 rings (SSSR count). The molecule has 1 aromatic heterocycles. The van der Waals surface area contributed by atoms with Crippen LogP contribution in [0.2, 0.25) is 0 Å². The Balaban J connectivity index is 1.70. The van der Waals surface area contributed by atoms with E-state index in [1.807, 2.05) is 0 Å². The van der Waals surface area contributed by atoms with E-state index in [-0.39, 0.29) is 5.91 Å². The standard InChI is InChI=1S/C12H19N3O2/c1-9-14-15-12(17-9)8-7-11(16)13-10-5-3-2-4-6-10/h10H,2-8H2,1H3,(H,13,16). The summed E-state index contributed by atoms with van der Waals surface area (Å²) in [4.78, 5) is 11.7. The molecule has 1 aliphatic carbocycles. The summed E-state index contributed by atoms with van der Waals surface area (Å²) in [6.07, 6.45) is 6.95. The van der Waals surface area contributed by atoms with E-state index in [1.54, 1.807) is 6.92 Å². The normalized spacial score (nSPS) is 17.0. The Hall–Kier alpha value is -1.39. The fraction of sp³-hybridized carbons (Fsp3) is 0.750. The third-order valence-electron chi connectivity index (χ3n) is 3.10. The van der Waals surface area contributed by atoms with E-state index in [0.717, 1.165) is 12.8 Å². The van der Waals surface area contributed by atoms with Crippen LogP contribution >= 0.6 is 0 Å². The van der Waals surface area contributed by atoms with Gasteiger partial charge in [0.1, 0.15) is 0 Å². The van der Waals surface area contributed by atoms with Gasteiger partial charge in [-0.2, -0.15) is 0 Å². The van der Waals surface area contributed by atoms with Gasteiger partial charge < -0.3 is 9.73 Å². The SMILES string of the molecule is Cc1nnc(CCC(=O)NC2CCCCC2)o1. The molecule has 0 aliphatic heterocycles. The van der Waals surface area contributed by atoms with Crippen molar-refractivity contribution in [3.05, 3.63) is 11.8 Å². The highest BCUT2D eigenvalue weighted by Crippen LogP contribution is 2.17. The van der Waals surface area contributed by atoms with E-state index in [1.165, 1.54) is 19.3 Å². The van der Waals surface area contributed by atoms with Gasteiger partial charge in [0.2, 0.25) is 17.7 Å². The number of rotatable bonds is 4. The first-order chi connectivity index (χ1) is 8.24. The maximum absolute atomic E-state index is 11.7. The summed E-state index contributed by atoms with van der Waals surface area (Å²) in [5, 5.41) is 10.7. The maximum atomic E-state index is 11.7. The van der Waals surface area contributed by atoms with Gasteiger partial charge >= 0.3 is 0 Å². The van der Waals surface area contributed by atoms with Crippen LogP contribution in [0, 0.1) is 6.92 Å². The minimum absolute atomic E-state index is 0.0905. The van der Waals surface area contributed by atoms with Gasteiger partial charge in [0.05, 0.1) is 0 Å². The topological polar surface area (TPSA) is 68.0 Å². The van der Waals surface area contributed by atoms with Crippen molar-refractivity contribution in [2.75, 3.05) is 0 Å². The molecular weight excluding hydrogens is 218 g/mol. The number of hydrogen-bond donors (Lipinski definition) is 1. The van der Waals surface area contributed by atoms with Crippen LogP contribution in [0.1, 0.15) is 50.3 Å². The Morgan fingerprint density at radius 1 is 1.35 bits per heavy atom. The first kappa shape index (κ1) is 12.1. The second-order valence-electron chi connectivity index (χ2n) is 4.62. The molecular formula is C12H19N3O2. The van der Waals surface area contributed by atoms with Gasteiger partial charge in [-0.1, -0.05) is 19.3 Å². The molecule has 5 nitrogen and oxygen atoms in total. The van der Waals surface area contributed by atoms with E-state index in [0.29, 0.717) is 30.7 Å². The first-order valence-electron chi connectivity index (χ1n) is 6.32. The number of amides is 1. The van der Waals surface area contributed by atoms with Crippen molar-refractivity contribution in [2.45, 2.75) is 57.9 Å². The summed E-state index contributed by atoms with van der Waals surface area (Å²) in [6.45, 7) is 1.75. The van der Waals surface area contributed by atoms with Gasteiger partial charge in [-0.25, -0.2) is 0 Å². The van der Waals surface area contributed by atoms with Crippen LogP contribution in [0.4, 0.5) is 0 Å². The Labute approximate surface area is 101 Å². The zero-order chi connectivity index (χ0) is 12.1. The van der Waals surface area contributed by atoms with Crippen LogP contribution in [0.5, 0.6) is 0 Å². The largest absolute Gasteiger partial charge is 0.426 e. The summed E-state index contributed by atoms with van der Waals surface area (Å²) < 4.78 is 5.22. The molecule has 1 aromatic rings. The molecule has 5 heteroatoms. The number of carbonyl (C=O) groups is 1. The van der Waals surface area contributed by atoms with Gasteiger partial charge in [0, 0.05) is 25.8 Å². The molecule has 1 heterocycles. The molecule has 0 spiro atoms. The summed E-state index contributed by atoms with van der Waals surface area (Å²) >= 11 is 0. The van der Waals surface area contributed by atoms with Gasteiger partial charge in [0.15, 0.2) is 0 Å². The molecule has 0 atom stereocenters. The second-order valence-corrected chi connectivity index (χ2v) is 4.62. The summed E-state index contributed by atoms with van der Waals surface area (Å²) in [6, 6.07) is 0.376. The highest BCUT2D eigenvalue weighted by atomic mass is 16.4. The van der Waals surface area contributed by atoms with Crippen LogP contribution in [-0.4, -0.2) is 22.1 Å². The number of aryl methyl sites for hydroxylation is 2. The molecule has 1 saturated carbocycles. The smallest absolute Gasteiger partial charge is 0.220 e. The van der Waals surface area contributed by atoms with Gasteiger partial charge in [0.25, 0.3) is 0 Å². The lowest BCUT2D eigenvalue weighted by molar-refractivity contribution is -0.122. The number of aromatic nitrogens is 2. The van der Waals surface area contributed by atoms with Crippen molar-refractivity contribution in [1.29, 1.82) is 0 Å². The van der Waals surface area contributed by atoms with Crippen molar-refractivity contribution < 1.29 is 9.21 Å². The van der Waals surface area contributed by atoms with Crippen molar-refractivity contribution in [1.82, 2.24) is 15.5 Å². The zero-order valence-corrected chi connectivity index (χ0v) is 10.2. The third kappa shape index (κ3) is 3.84. The first-order valence-corrected chi connectivity index (χ1v) is 6.32. The van der Waals surface area contributed by atoms with Crippen LogP contribution in [0.25, 0.3) is 0 Å². The van der Waals surface area contributed by atoms with Crippen molar-refractivity contribution in [3.8, 4) is 0 Å². The zero-order valence-electron chi connectivity index (χ0n) is 10.2. The van der Waals surface area contributed by atoms with Crippen LogP contribution < -0.4 is 5.32 Å². The molecule has 1 N–H and O–H groups in total. The predicted molar refractivity (Wildman–Crippen MR) is 62.4 cm³/mol. The molecule has 1 fully saturated rings. The Bertz CT molecular complexity index is 370. The highest BCUT2D eigenvalue weighted by molar-refractivity contribution is 5.76. The Morgan fingerprint density at radius 3 is 2.76 bits per heavy atom. The second kappa shape index (κ2) is 5.80. The lowest BCUT2D eigenvalue weighted by Crippen LogP contribution is -2.36. The quantitative estimate of drug-likeness (QED) is 0.866. The number of carbonyl (C=O) groups excluding carboxylic acids is 1. The molecule has 1 amide bonds. The molecule has 0 saturated heterocycles. The van der Waals surface area contributed by atoms with E-state index >= 15 is 0 Å². The molecule has 0 unspecified atom stereocenters. The summed E-state index contributed by atoms with van der Waals surface area (Å²) in [5.74, 6) is 1.18. The minimum Gasteiger partial charge on any atom is -0.426 e. The summed E-state index contributed by atoms with van der Waals surface area (Å²) in [7, 11) is 0. The summed E-state index contributed by atoms with van der Waals surface area (Å²) in [5.41, 5.74) is 0. The van der Waals surface area contributed by atoms with Crippen molar-refractivity contribution in [3.63, 3.8) is 0 Å². The molecule has 0 radical (unpaired) electrons. The monoisotopic (exact) mass is 237 g/mol. The van der Waals surface area contributed by atoms with Crippen molar-refractivity contribution in [2.24, 2.45) is 0 Å². The molecule has 94 valence electrons. The molecule has 17 heavy (non-hydrogen) atoms. The predicted octanol–water partition coefficient (Wildman–Crippen LogP) is 1.76. The van der Waals surface area contributed by atoms with E-state index in [9.17, 15) is 4.79 Å². The molecule has 1 aliphatic rings. The van der Waals surface area contributed by atoms with E-state index in [4.69, 9.17) is 4.42 Å². The Kier molecular flexibility index (Phi) is 4.12. The van der Waals surface area contributed by atoms with E-state index < -0.39 is 0 Å². The number of hydrogen-bond acceptors (Lipinski definition) is 4. The Morgan fingerprint density at radius 2 is 2.12 bits per heavy atom. The van der Waals surface area contributed by atoms with Crippen LogP contribution in [0.15, 0.2) is 4.42 Å². The van der Waals surface area contributed by atoms with Gasteiger partial charge in [-0.05, 0) is 12.8 Å². The molecule has 0 bridgehead atoms. The maximum Gasteiger partial charge on any atom is 0.220 e. The molecule has 0 aromatic carbocycles. The van der Waals surface area contributed by atoms with Gasteiger partial charge in [-0.15, -0.1) is 10.2 Å². The fourth-order valence-corrected chi connectivity index (χ4v) is 2.21. The van der Waals surface area contributed by atoms with Crippen molar-refractivity contribution >= 4 is 5.91 Å². The number of nitrogens with zero attached hydrogens (tertiary/aromatic N) is 2. The average molecular weight is 237 g/mol. The average Bonchev–Trinajstić information content (AvgIpc) is 2.74. The lowest BCUT2D eigenvalue weighted by atomic mass is 9.95. The van der Waals surface area contributed by atoms with E-state index in [2.05, 4.69) is 15.5 Å².